The largest absolute Gasteiger partial charge is 0.341 e. The van der Waals surface area contributed by atoms with E-state index in [1.807, 2.05) is 25.2 Å². The fourth-order valence-electron chi connectivity index (χ4n) is 3.60. The molecule has 1 saturated heterocycles. The number of nitrogens with zero attached hydrogens (tertiary/aromatic N) is 1. The van der Waals surface area contributed by atoms with E-state index in [0.29, 0.717) is 5.92 Å². The van der Waals surface area contributed by atoms with Crippen LogP contribution in [0, 0.1) is 19.8 Å². The molecule has 1 heterocycles. The maximum Gasteiger partial charge on any atom is 0.240 e. The molecule has 138 valence electrons. The molecular formula is C22H28N2OS. The number of amides is 1. The highest BCUT2D eigenvalue weighted by molar-refractivity contribution is 8.00. The first kappa shape index (κ1) is 19.0. The Morgan fingerprint density at radius 3 is 2.69 bits per heavy atom. The number of thioether (sulfide) groups is 1. The monoisotopic (exact) mass is 368 g/mol. The molecule has 2 atom stereocenters. The van der Waals surface area contributed by atoms with Crippen LogP contribution in [-0.2, 0) is 4.79 Å². The third-order valence-corrected chi connectivity index (χ3v) is 6.41. The van der Waals surface area contributed by atoms with Crippen molar-refractivity contribution in [2.75, 3.05) is 26.7 Å². The molecule has 2 aromatic rings. The van der Waals surface area contributed by atoms with Gasteiger partial charge in [-0.3, -0.25) is 4.79 Å². The third-order valence-electron chi connectivity index (χ3n) is 4.99. The number of likely N-dealkylation sites (tertiary alicyclic amines) is 1. The molecule has 0 aromatic heterocycles. The van der Waals surface area contributed by atoms with Crippen LogP contribution in [0.1, 0.15) is 28.4 Å². The predicted molar refractivity (Wildman–Crippen MR) is 110 cm³/mol. The van der Waals surface area contributed by atoms with Gasteiger partial charge in [0.2, 0.25) is 5.91 Å². The number of nitrogens with one attached hydrogen (secondary N) is 1. The van der Waals surface area contributed by atoms with Crippen LogP contribution in [0.25, 0.3) is 0 Å². The summed E-state index contributed by atoms with van der Waals surface area (Å²) in [5.41, 5.74) is 3.57. The molecule has 1 aliphatic heterocycles. The van der Waals surface area contributed by atoms with Crippen molar-refractivity contribution in [3.63, 3.8) is 0 Å². The van der Waals surface area contributed by atoms with Crippen molar-refractivity contribution in [1.82, 2.24) is 10.2 Å². The molecule has 0 radical (unpaired) electrons. The zero-order chi connectivity index (χ0) is 18.5. The van der Waals surface area contributed by atoms with Gasteiger partial charge in [-0.1, -0.05) is 48.0 Å². The van der Waals surface area contributed by atoms with Crippen molar-refractivity contribution in [3.8, 4) is 0 Å². The van der Waals surface area contributed by atoms with E-state index in [1.54, 1.807) is 11.8 Å². The van der Waals surface area contributed by atoms with E-state index < -0.39 is 0 Å². The normalized spacial score (nSPS) is 18.1. The van der Waals surface area contributed by atoms with Crippen LogP contribution in [0.15, 0.2) is 53.4 Å². The lowest BCUT2D eigenvalue weighted by Crippen LogP contribution is -2.33. The standard InChI is InChI=1S/C22H28N2OS/c1-16-9-10-20(17(2)13-16)26-21(19-7-5-4-6-8-19)22(25)24-12-11-18(15-24)14-23-3/h4-10,13,18,21,23H,11-12,14-15H2,1-3H3. The van der Waals surface area contributed by atoms with Crippen molar-refractivity contribution < 1.29 is 4.79 Å². The van der Waals surface area contributed by atoms with E-state index >= 15 is 0 Å². The summed E-state index contributed by atoms with van der Waals surface area (Å²) in [7, 11) is 1.98. The summed E-state index contributed by atoms with van der Waals surface area (Å²) in [6, 6.07) is 16.6. The Morgan fingerprint density at radius 1 is 1.23 bits per heavy atom. The molecule has 0 bridgehead atoms. The SMILES string of the molecule is CNCC1CCN(C(=O)C(Sc2ccc(C)cc2C)c2ccccc2)C1. The Hall–Kier alpha value is -1.78. The highest BCUT2D eigenvalue weighted by Gasteiger charge is 2.32. The lowest BCUT2D eigenvalue weighted by Gasteiger charge is -2.24. The molecule has 0 aliphatic carbocycles. The van der Waals surface area contributed by atoms with Crippen LogP contribution in [0.2, 0.25) is 0 Å². The third kappa shape index (κ3) is 4.49. The van der Waals surface area contributed by atoms with Crippen LogP contribution in [0.5, 0.6) is 0 Å². The van der Waals surface area contributed by atoms with Gasteiger partial charge in [0, 0.05) is 18.0 Å². The molecule has 2 unspecified atom stereocenters. The number of hydrogen-bond donors (Lipinski definition) is 1. The quantitative estimate of drug-likeness (QED) is 0.776. The number of carbonyl (C=O) groups is 1. The highest BCUT2D eigenvalue weighted by atomic mass is 32.2. The minimum Gasteiger partial charge on any atom is -0.341 e. The number of hydrogen-bond acceptors (Lipinski definition) is 3. The van der Waals surface area contributed by atoms with Crippen LogP contribution in [-0.4, -0.2) is 37.5 Å². The fourth-order valence-corrected chi connectivity index (χ4v) is 4.79. The average molecular weight is 369 g/mol. The second-order valence-electron chi connectivity index (χ2n) is 7.17. The zero-order valence-corrected chi connectivity index (χ0v) is 16.7. The van der Waals surface area contributed by atoms with Gasteiger partial charge in [-0.05, 0) is 57.0 Å². The molecular weight excluding hydrogens is 340 g/mol. The van der Waals surface area contributed by atoms with Crippen molar-refractivity contribution >= 4 is 17.7 Å². The van der Waals surface area contributed by atoms with Crippen molar-refractivity contribution in [2.24, 2.45) is 5.92 Å². The predicted octanol–water partition coefficient (Wildman–Crippen LogP) is 4.20. The number of carbonyl (C=O) groups excluding carboxylic acids is 1. The lowest BCUT2D eigenvalue weighted by molar-refractivity contribution is -0.129. The second-order valence-corrected chi connectivity index (χ2v) is 8.32. The Bertz CT molecular complexity index is 747. The van der Waals surface area contributed by atoms with Crippen molar-refractivity contribution in [2.45, 2.75) is 30.4 Å². The van der Waals surface area contributed by atoms with E-state index in [2.05, 4.69) is 54.4 Å². The fraction of sp³-hybridized carbons (Fsp3) is 0.409. The number of rotatable bonds is 6. The van der Waals surface area contributed by atoms with Gasteiger partial charge in [0.1, 0.15) is 5.25 Å². The molecule has 1 fully saturated rings. The lowest BCUT2D eigenvalue weighted by atomic mass is 10.1. The van der Waals surface area contributed by atoms with Gasteiger partial charge in [0.25, 0.3) is 0 Å². The van der Waals surface area contributed by atoms with Gasteiger partial charge in [0.15, 0.2) is 0 Å². The number of aryl methyl sites for hydroxylation is 2. The van der Waals surface area contributed by atoms with E-state index in [9.17, 15) is 4.79 Å². The number of benzene rings is 2. The molecule has 0 spiro atoms. The molecule has 0 saturated carbocycles. The van der Waals surface area contributed by atoms with Crippen molar-refractivity contribution in [3.05, 3.63) is 65.2 Å². The summed E-state index contributed by atoms with van der Waals surface area (Å²) in [6.07, 6.45) is 1.09. The molecule has 3 rings (SSSR count). The van der Waals surface area contributed by atoms with Crippen LogP contribution < -0.4 is 5.32 Å². The molecule has 3 nitrogen and oxygen atoms in total. The van der Waals surface area contributed by atoms with Gasteiger partial charge >= 0.3 is 0 Å². The smallest absolute Gasteiger partial charge is 0.240 e. The van der Waals surface area contributed by atoms with Gasteiger partial charge in [-0.15, -0.1) is 11.8 Å². The molecule has 1 aliphatic rings. The van der Waals surface area contributed by atoms with Gasteiger partial charge in [0.05, 0.1) is 0 Å². The minimum atomic E-state index is -0.189. The first-order valence-corrected chi connectivity index (χ1v) is 10.2. The topological polar surface area (TPSA) is 32.3 Å². The summed E-state index contributed by atoms with van der Waals surface area (Å²) < 4.78 is 0. The Balaban J connectivity index is 1.83. The zero-order valence-electron chi connectivity index (χ0n) is 15.9. The second kappa shape index (κ2) is 8.74. The summed E-state index contributed by atoms with van der Waals surface area (Å²) in [5.74, 6) is 0.797. The molecule has 1 amide bonds. The molecule has 1 N–H and O–H groups in total. The summed E-state index contributed by atoms with van der Waals surface area (Å²) in [5, 5.41) is 3.05. The first-order chi connectivity index (χ1) is 12.6. The summed E-state index contributed by atoms with van der Waals surface area (Å²) in [4.78, 5) is 16.6. The maximum absolute atomic E-state index is 13.4. The highest BCUT2D eigenvalue weighted by Crippen LogP contribution is 2.39. The van der Waals surface area contributed by atoms with Gasteiger partial charge in [-0.25, -0.2) is 0 Å². The van der Waals surface area contributed by atoms with Gasteiger partial charge < -0.3 is 10.2 Å². The minimum absolute atomic E-state index is 0.189. The van der Waals surface area contributed by atoms with E-state index in [4.69, 9.17) is 0 Å². The Morgan fingerprint density at radius 2 is 2.00 bits per heavy atom. The van der Waals surface area contributed by atoms with E-state index in [1.165, 1.54) is 16.0 Å². The maximum atomic E-state index is 13.4. The Labute approximate surface area is 161 Å². The van der Waals surface area contributed by atoms with Crippen LogP contribution in [0.4, 0.5) is 0 Å². The summed E-state index contributed by atoms with van der Waals surface area (Å²) >= 11 is 1.68. The van der Waals surface area contributed by atoms with E-state index in [0.717, 1.165) is 31.6 Å². The van der Waals surface area contributed by atoms with E-state index in [-0.39, 0.29) is 11.2 Å². The molecule has 2 aromatic carbocycles. The first-order valence-electron chi connectivity index (χ1n) is 9.30. The summed E-state index contributed by atoms with van der Waals surface area (Å²) in [6.45, 7) is 6.93. The average Bonchev–Trinajstić information content (AvgIpc) is 3.10. The van der Waals surface area contributed by atoms with Crippen LogP contribution in [0.3, 0.4) is 0 Å². The Kier molecular flexibility index (Phi) is 6.38. The molecule has 26 heavy (non-hydrogen) atoms. The molecule has 4 heteroatoms. The van der Waals surface area contributed by atoms with Crippen molar-refractivity contribution in [1.29, 1.82) is 0 Å². The van der Waals surface area contributed by atoms with Crippen LogP contribution >= 0.6 is 11.8 Å². The van der Waals surface area contributed by atoms with Gasteiger partial charge in [-0.2, -0.15) is 0 Å².